The van der Waals surface area contributed by atoms with Gasteiger partial charge in [-0.05, 0) is 18.2 Å². The zero-order valence-electron chi connectivity index (χ0n) is 11.2. The molecular weight excluding hydrogens is 280 g/mol. The van der Waals surface area contributed by atoms with Gasteiger partial charge in [0, 0.05) is 17.9 Å². The van der Waals surface area contributed by atoms with E-state index in [9.17, 15) is 25.3 Å². The van der Waals surface area contributed by atoms with Crippen LogP contribution in [0.2, 0.25) is 0 Å². The molecule has 1 atom stereocenters. The van der Waals surface area contributed by atoms with Gasteiger partial charge in [-0.3, -0.25) is 20.2 Å². The lowest BCUT2D eigenvalue weighted by atomic mass is 9.90. The summed E-state index contributed by atoms with van der Waals surface area (Å²) in [6.45, 7) is 1.15. The van der Waals surface area contributed by atoms with Gasteiger partial charge in [-0.15, -0.1) is 0 Å². The Kier molecular flexibility index (Phi) is 5.01. The fraction of sp³-hybridized carbons (Fsp3) is 0.231. The van der Waals surface area contributed by atoms with E-state index >= 15 is 0 Å². The monoisotopic (exact) mass is 294 g/mol. The van der Waals surface area contributed by atoms with Gasteiger partial charge in [-0.2, -0.15) is 0 Å². The van der Waals surface area contributed by atoms with Crippen LogP contribution in [0, 0.1) is 20.2 Å². The van der Waals surface area contributed by atoms with Crippen LogP contribution in [-0.2, 0) is 0 Å². The average Bonchev–Trinajstić information content (AvgIpc) is 2.43. The van der Waals surface area contributed by atoms with Crippen LogP contribution >= 0.6 is 0 Å². The molecule has 0 amide bonds. The van der Waals surface area contributed by atoms with Crippen molar-refractivity contribution in [2.45, 2.75) is 18.9 Å². The lowest BCUT2D eigenvalue weighted by molar-refractivity contribution is -0.564. The molecule has 1 aromatic carbocycles. The lowest BCUT2D eigenvalue weighted by Gasteiger charge is -2.20. The third-order valence-electron chi connectivity index (χ3n) is 2.90. The molecule has 2 rings (SSSR count). The molecule has 1 aliphatic rings. The first kappa shape index (κ1) is 16.2. The van der Waals surface area contributed by atoms with Crippen molar-refractivity contribution in [3.8, 4) is 5.75 Å². The van der Waals surface area contributed by atoms with Crippen molar-refractivity contribution in [3.05, 3.63) is 74.2 Å². The van der Waals surface area contributed by atoms with Crippen molar-refractivity contribution in [1.29, 1.82) is 0 Å². The Labute approximate surface area is 120 Å². The fourth-order valence-electron chi connectivity index (χ4n) is 1.57. The number of aromatic hydroxyl groups is 1. The van der Waals surface area contributed by atoms with E-state index < -0.39 is 27.6 Å². The third-order valence-corrected chi connectivity index (χ3v) is 2.90. The molecule has 0 aromatic heterocycles. The van der Waals surface area contributed by atoms with Crippen LogP contribution in [0.5, 0.6) is 5.75 Å². The molecule has 0 heterocycles. The molecular formula is C13H14N2O6. The van der Waals surface area contributed by atoms with Crippen LogP contribution in [0.25, 0.3) is 0 Å². The minimum atomic E-state index is -1.78. The highest BCUT2D eigenvalue weighted by atomic mass is 16.6. The third kappa shape index (κ3) is 4.03. The summed E-state index contributed by atoms with van der Waals surface area (Å²) in [5, 5.41) is 38.9. The number of aliphatic hydroxyl groups is 1. The second-order valence-electron chi connectivity index (χ2n) is 4.51. The number of para-hydroxylation sites is 1. The van der Waals surface area contributed by atoms with E-state index in [2.05, 4.69) is 0 Å². The van der Waals surface area contributed by atoms with Crippen molar-refractivity contribution in [2.75, 3.05) is 0 Å². The Hall–Kier alpha value is -2.90. The summed E-state index contributed by atoms with van der Waals surface area (Å²) in [6, 6.07) is 8.71. The Morgan fingerprint density at radius 3 is 2.05 bits per heavy atom. The zero-order chi connectivity index (χ0) is 16.0. The first-order valence-electron chi connectivity index (χ1n) is 5.90. The van der Waals surface area contributed by atoms with Gasteiger partial charge in [0.05, 0.1) is 4.92 Å². The van der Waals surface area contributed by atoms with Gasteiger partial charge in [-0.25, -0.2) is 0 Å². The lowest BCUT2D eigenvalue weighted by Crippen LogP contribution is -2.39. The maximum atomic E-state index is 10.6. The number of nitrogens with zero attached hydrogens (tertiary/aromatic N) is 2. The van der Waals surface area contributed by atoms with E-state index in [1.807, 2.05) is 6.07 Å². The number of benzene rings is 1. The first-order valence-corrected chi connectivity index (χ1v) is 5.90. The van der Waals surface area contributed by atoms with Crippen molar-refractivity contribution in [2.24, 2.45) is 0 Å². The van der Waals surface area contributed by atoms with Crippen LogP contribution in [0.4, 0.5) is 0 Å². The number of hydrogen-bond donors (Lipinski definition) is 2. The van der Waals surface area contributed by atoms with Crippen molar-refractivity contribution < 1.29 is 20.1 Å². The number of aliphatic hydroxyl groups excluding tert-OH is 1. The van der Waals surface area contributed by atoms with Gasteiger partial charge in [0.15, 0.2) is 5.76 Å². The molecule has 112 valence electrons. The van der Waals surface area contributed by atoms with Crippen LogP contribution in [-0.4, -0.2) is 25.6 Å². The van der Waals surface area contributed by atoms with Gasteiger partial charge >= 0.3 is 0 Å². The highest BCUT2D eigenvalue weighted by Crippen LogP contribution is 2.30. The van der Waals surface area contributed by atoms with Crippen LogP contribution in [0.15, 0.2) is 53.9 Å². The predicted octanol–water partition coefficient (Wildman–Crippen LogP) is 2.42. The molecule has 0 aliphatic heterocycles. The summed E-state index contributed by atoms with van der Waals surface area (Å²) in [6.07, 6.45) is 1.65. The highest BCUT2D eigenvalue weighted by molar-refractivity contribution is 5.24. The topological polar surface area (TPSA) is 127 Å². The standard InChI is InChI=1S/C7H8N2O5.C6H6O/c1-7(9(13)14)4-5(8(11)12)2-3-6(7)10;7-6-4-2-1-3-5-6/h2-3,10H,4H2,1H3;1-5,7H. The van der Waals surface area contributed by atoms with Crippen LogP contribution in [0.1, 0.15) is 13.3 Å². The molecule has 1 unspecified atom stereocenters. The van der Waals surface area contributed by atoms with E-state index in [4.69, 9.17) is 5.11 Å². The largest absolute Gasteiger partial charge is 0.508 e. The molecule has 2 N–H and O–H groups in total. The van der Waals surface area contributed by atoms with Gasteiger partial charge in [0.1, 0.15) is 12.2 Å². The number of hydrogen-bond acceptors (Lipinski definition) is 6. The number of rotatable bonds is 2. The maximum absolute atomic E-state index is 10.6. The molecule has 0 saturated heterocycles. The number of phenolic OH excluding ortho intramolecular Hbond substituents is 1. The minimum Gasteiger partial charge on any atom is -0.508 e. The second-order valence-corrected chi connectivity index (χ2v) is 4.51. The molecule has 0 radical (unpaired) electrons. The molecule has 0 bridgehead atoms. The van der Waals surface area contributed by atoms with E-state index in [1.54, 1.807) is 24.3 Å². The molecule has 21 heavy (non-hydrogen) atoms. The summed E-state index contributed by atoms with van der Waals surface area (Å²) < 4.78 is 0. The minimum absolute atomic E-state index is 0.276. The predicted molar refractivity (Wildman–Crippen MR) is 73.9 cm³/mol. The Bertz CT molecular complexity index is 596. The van der Waals surface area contributed by atoms with Crippen LogP contribution in [0.3, 0.4) is 0 Å². The summed E-state index contributed by atoms with van der Waals surface area (Å²) >= 11 is 0. The van der Waals surface area contributed by atoms with E-state index in [0.717, 1.165) is 19.1 Å². The van der Waals surface area contributed by atoms with Crippen LogP contribution < -0.4 is 0 Å². The molecule has 8 heteroatoms. The van der Waals surface area contributed by atoms with Gasteiger partial charge in [0.2, 0.25) is 0 Å². The van der Waals surface area contributed by atoms with Crippen molar-refractivity contribution >= 4 is 0 Å². The first-order chi connectivity index (χ1) is 9.77. The molecule has 1 aliphatic carbocycles. The number of nitro groups is 2. The van der Waals surface area contributed by atoms with Gasteiger partial charge in [-0.1, -0.05) is 18.2 Å². The molecule has 8 nitrogen and oxygen atoms in total. The summed E-state index contributed by atoms with van der Waals surface area (Å²) in [4.78, 5) is 19.6. The van der Waals surface area contributed by atoms with E-state index in [1.165, 1.54) is 0 Å². The SMILES string of the molecule is CC1([N+](=O)[O-])CC([N+](=O)[O-])=CC=C1O.Oc1ccccc1. The quantitative estimate of drug-likeness (QED) is 0.637. The number of allylic oxidation sites excluding steroid dienone is 2. The van der Waals surface area contributed by atoms with Gasteiger partial charge in [0.25, 0.3) is 11.2 Å². The highest BCUT2D eigenvalue weighted by Gasteiger charge is 2.47. The summed E-state index contributed by atoms with van der Waals surface area (Å²) in [7, 11) is 0. The fourth-order valence-corrected chi connectivity index (χ4v) is 1.57. The summed E-state index contributed by atoms with van der Waals surface area (Å²) in [5.74, 6) is -0.143. The Morgan fingerprint density at radius 1 is 1.10 bits per heavy atom. The smallest absolute Gasteiger partial charge is 0.285 e. The molecule has 0 spiro atoms. The maximum Gasteiger partial charge on any atom is 0.285 e. The Morgan fingerprint density at radius 2 is 1.67 bits per heavy atom. The van der Waals surface area contributed by atoms with Crippen molar-refractivity contribution in [3.63, 3.8) is 0 Å². The second kappa shape index (κ2) is 6.51. The zero-order valence-corrected chi connectivity index (χ0v) is 11.2. The Balaban J connectivity index is 0.000000262. The van der Waals surface area contributed by atoms with E-state index in [-0.39, 0.29) is 5.70 Å². The molecule has 1 aromatic rings. The molecule has 0 saturated carbocycles. The molecule has 0 fully saturated rings. The van der Waals surface area contributed by atoms with Gasteiger partial charge < -0.3 is 10.2 Å². The average molecular weight is 294 g/mol. The van der Waals surface area contributed by atoms with E-state index in [0.29, 0.717) is 5.75 Å². The summed E-state index contributed by atoms with van der Waals surface area (Å²) in [5.41, 5.74) is -2.06. The number of phenols is 1. The normalized spacial score (nSPS) is 20.4. The van der Waals surface area contributed by atoms with Crippen molar-refractivity contribution in [1.82, 2.24) is 0 Å².